The smallest absolute Gasteiger partial charge is 0.410 e. The quantitative estimate of drug-likeness (QED) is 0.289. The fourth-order valence-electron chi connectivity index (χ4n) is 5.06. The summed E-state index contributed by atoms with van der Waals surface area (Å²) in [6, 6.07) is 7.66. The average Bonchev–Trinajstić information content (AvgIpc) is 3.52. The molecule has 2 aliphatic heterocycles. The first-order chi connectivity index (χ1) is 23.5. The molecule has 2 aliphatic rings. The first kappa shape index (κ1) is 43.6. The maximum atomic E-state index is 12.7. The van der Waals surface area contributed by atoms with Gasteiger partial charge in [0.2, 0.25) is 5.88 Å². The number of aromatic nitrogens is 2. The Balaban J connectivity index is 0.000000304. The van der Waals surface area contributed by atoms with Gasteiger partial charge in [-0.3, -0.25) is 0 Å². The van der Waals surface area contributed by atoms with Crippen molar-refractivity contribution in [2.45, 2.75) is 155 Å². The van der Waals surface area contributed by atoms with Gasteiger partial charge in [0.05, 0.1) is 55.6 Å². The van der Waals surface area contributed by atoms with Crippen molar-refractivity contribution < 1.29 is 37.8 Å². The van der Waals surface area contributed by atoms with E-state index in [0.717, 1.165) is 11.0 Å². The Morgan fingerprint density at radius 3 is 1.58 bits per heavy atom. The Labute approximate surface area is 314 Å². The van der Waals surface area contributed by atoms with Crippen LogP contribution in [-0.2, 0) is 18.3 Å². The normalized spacial score (nSPS) is 21.9. The van der Waals surface area contributed by atoms with E-state index in [9.17, 15) is 14.7 Å². The van der Waals surface area contributed by atoms with Gasteiger partial charge in [-0.25, -0.2) is 19.6 Å². The van der Waals surface area contributed by atoms with Gasteiger partial charge in [-0.15, -0.1) is 0 Å². The number of carbonyl (C=O) groups is 2. The van der Waals surface area contributed by atoms with Gasteiger partial charge in [0.15, 0.2) is 16.6 Å². The summed E-state index contributed by atoms with van der Waals surface area (Å²) in [7, 11) is -4.04. The van der Waals surface area contributed by atoms with Gasteiger partial charge in [0, 0.05) is 0 Å². The Hall–Kier alpha value is -2.79. The summed E-state index contributed by atoms with van der Waals surface area (Å²) < 4.78 is 30.1. The molecule has 2 amide bonds. The number of nitrogens with zero attached hydrogens (tertiary/aromatic N) is 4. The molecule has 0 spiro atoms. The third-order valence-electron chi connectivity index (χ3n) is 9.96. The van der Waals surface area contributed by atoms with Gasteiger partial charge in [-0.05, 0) is 89.9 Å². The monoisotopic (exact) mass is 762 g/mol. The molecule has 1 aromatic carbocycles. The largest absolute Gasteiger partial charge is 0.469 e. The highest BCUT2D eigenvalue weighted by Gasteiger charge is 2.47. The second-order valence-corrected chi connectivity index (χ2v) is 28.5. The molecule has 3 heterocycles. The summed E-state index contributed by atoms with van der Waals surface area (Å²) in [5.74, 6) is 0.429. The molecule has 14 heteroatoms. The minimum absolute atomic E-state index is 0.0413. The van der Waals surface area contributed by atoms with Gasteiger partial charge in [-0.2, -0.15) is 0 Å². The first-order valence-electron chi connectivity index (χ1n) is 18.4. The van der Waals surface area contributed by atoms with Crippen LogP contribution in [0.5, 0.6) is 5.88 Å². The van der Waals surface area contributed by atoms with E-state index in [1.807, 2.05) is 65.8 Å². The fraction of sp³-hybridized carbons (Fsp3) is 0.737. The zero-order valence-corrected chi connectivity index (χ0v) is 36.6. The van der Waals surface area contributed by atoms with Gasteiger partial charge < -0.3 is 38.0 Å². The molecule has 1 N–H and O–H groups in total. The highest BCUT2D eigenvalue weighted by atomic mass is 28.4. The maximum absolute atomic E-state index is 12.7. The summed E-state index contributed by atoms with van der Waals surface area (Å²) in [4.78, 5) is 37.0. The number of rotatable bonds is 6. The van der Waals surface area contributed by atoms with Crippen LogP contribution in [0.4, 0.5) is 9.59 Å². The lowest BCUT2D eigenvalue weighted by Gasteiger charge is -2.39. The molecule has 0 saturated carbocycles. The number of aliphatic hydroxyl groups excluding tert-OH is 1. The molecule has 1 aromatic heterocycles. The van der Waals surface area contributed by atoms with Gasteiger partial charge in [-0.1, -0.05) is 53.7 Å². The molecule has 4 rings (SSSR count). The van der Waals surface area contributed by atoms with Crippen LogP contribution >= 0.6 is 0 Å². The van der Waals surface area contributed by atoms with Crippen molar-refractivity contribution in [3.8, 4) is 5.88 Å². The molecule has 0 radical (unpaired) electrons. The van der Waals surface area contributed by atoms with Crippen LogP contribution in [0.1, 0.15) is 83.1 Å². The molecule has 4 atom stereocenters. The minimum Gasteiger partial charge on any atom is -0.469 e. The third kappa shape index (κ3) is 12.1. The lowest BCUT2D eigenvalue weighted by molar-refractivity contribution is 0.0260. The van der Waals surface area contributed by atoms with E-state index in [1.165, 1.54) is 4.90 Å². The van der Waals surface area contributed by atoms with E-state index < -0.39 is 33.9 Å². The van der Waals surface area contributed by atoms with Crippen molar-refractivity contribution in [2.75, 3.05) is 26.2 Å². The molecule has 2 aromatic rings. The summed E-state index contributed by atoms with van der Waals surface area (Å²) >= 11 is 0. The van der Waals surface area contributed by atoms with Crippen LogP contribution < -0.4 is 4.74 Å². The Morgan fingerprint density at radius 1 is 0.673 bits per heavy atom. The van der Waals surface area contributed by atoms with Crippen molar-refractivity contribution in [1.29, 1.82) is 0 Å². The summed E-state index contributed by atoms with van der Waals surface area (Å²) in [5, 5.41) is 10.3. The van der Waals surface area contributed by atoms with E-state index in [-0.39, 0.29) is 47.1 Å². The topological polar surface area (TPSA) is 133 Å². The lowest BCUT2D eigenvalue weighted by atomic mass is 10.2. The predicted molar refractivity (Wildman–Crippen MR) is 210 cm³/mol. The molecule has 2 saturated heterocycles. The van der Waals surface area contributed by atoms with Crippen LogP contribution in [-0.4, -0.2) is 115 Å². The van der Waals surface area contributed by atoms with Crippen molar-refractivity contribution in [2.24, 2.45) is 0 Å². The van der Waals surface area contributed by atoms with Crippen LogP contribution in [0.15, 0.2) is 30.5 Å². The zero-order chi connectivity index (χ0) is 39.7. The summed E-state index contributed by atoms with van der Waals surface area (Å²) in [6.07, 6.45) is -0.694. The van der Waals surface area contributed by atoms with Crippen LogP contribution in [0.2, 0.25) is 36.3 Å². The van der Waals surface area contributed by atoms with Crippen molar-refractivity contribution in [1.82, 2.24) is 19.8 Å². The molecule has 0 aliphatic carbocycles. The Kier molecular flexibility index (Phi) is 13.3. The van der Waals surface area contributed by atoms with Crippen LogP contribution in [0.25, 0.3) is 11.0 Å². The number of fused-ring (bicyclic) bond motifs is 1. The third-order valence-corrected chi connectivity index (χ3v) is 19.0. The minimum atomic E-state index is -2.08. The number of hydrogen-bond acceptors (Lipinski definition) is 10. The van der Waals surface area contributed by atoms with E-state index in [2.05, 4.69) is 77.7 Å². The number of benzene rings is 1. The molecule has 4 unspecified atom stereocenters. The van der Waals surface area contributed by atoms with E-state index >= 15 is 0 Å². The standard InChI is InChI=1S/C23H35N3O4Si.C15H31NO4Si/c1-22(2,3)29-21(27)26-14-18(19(15-26)30-31(7,8)23(4,5)6)28-20-13-24-16-11-9-10-12-17(16)25-20;1-14(2,3)19-13(18)16-9-11(17)12(10-16)20-21(7,8)15(4,5)6/h9-13,18-19H,14-15H2,1-8H3;11-12,17H,9-10H2,1-8H3. The number of carbonyl (C=O) groups excluding carboxylic acids is 2. The summed E-state index contributed by atoms with van der Waals surface area (Å²) in [6.45, 7) is 34.3. The Bertz CT molecular complexity index is 1530. The molecule has 2 fully saturated rings. The van der Waals surface area contributed by atoms with Crippen LogP contribution in [0.3, 0.4) is 0 Å². The molecule has 52 heavy (non-hydrogen) atoms. The number of ether oxygens (including phenoxy) is 3. The molecule has 0 bridgehead atoms. The van der Waals surface area contributed by atoms with E-state index in [4.69, 9.17) is 23.1 Å². The van der Waals surface area contributed by atoms with Gasteiger partial charge >= 0.3 is 12.2 Å². The molecular weight excluding hydrogens is 697 g/mol. The molecule has 294 valence electrons. The van der Waals surface area contributed by atoms with E-state index in [1.54, 1.807) is 11.1 Å². The molecule has 12 nitrogen and oxygen atoms in total. The number of β-amino-alcohol motifs (C(OH)–C–C–N with tert-alkyl or cyclic N) is 1. The SMILES string of the molecule is CC(C)(C)OC(=O)N1CC(O)C(O[Si](C)(C)C(C)(C)C)C1.CC(C)(C)OC(=O)N1CC(Oc2cnc3ccccc3n2)C(O[Si](C)(C)C(C)(C)C)C1. The van der Waals surface area contributed by atoms with E-state index in [0.29, 0.717) is 25.5 Å². The zero-order valence-electron chi connectivity index (χ0n) is 34.6. The number of aliphatic hydroxyl groups is 1. The number of hydrogen-bond donors (Lipinski definition) is 1. The summed E-state index contributed by atoms with van der Waals surface area (Å²) in [5.41, 5.74) is 0.491. The molecular formula is C38H66N4O8Si2. The van der Waals surface area contributed by atoms with Gasteiger partial charge in [0.25, 0.3) is 0 Å². The number of para-hydroxylation sites is 2. The fourth-order valence-corrected chi connectivity index (χ4v) is 7.74. The first-order valence-corrected chi connectivity index (χ1v) is 24.2. The lowest BCUT2D eigenvalue weighted by Crippen LogP contribution is -2.48. The Morgan fingerprint density at radius 2 is 1.10 bits per heavy atom. The second-order valence-electron chi connectivity index (χ2n) is 19.0. The second kappa shape index (κ2) is 15.9. The number of amides is 2. The van der Waals surface area contributed by atoms with Crippen molar-refractivity contribution in [3.05, 3.63) is 30.5 Å². The van der Waals surface area contributed by atoms with Crippen molar-refractivity contribution >= 4 is 39.9 Å². The highest BCUT2D eigenvalue weighted by Crippen LogP contribution is 2.40. The van der Waals surface area contributed by atoms with Crippen LogP contribution in [0, 0.1) is 0 Å². The highest BCUT2D eigenvalue weighted by molar-refractivity contribution is 6.74. The number of likely N-dealkylation sites (tertiary alicyclic amines) is 2. The van der Waals surface area contributed by atoms with Crippen molar-refractivity contribution in [3.63, 3.8) is 0 Å². The predicted octanol–water partition coefficient (Wildman–Crippen LogP) is 8.01. The van der Waals surface area contributed by atoms with Gasteiger partial charge in [0.1, 0.15) is 23.4 Å². The average molecular weight is 763 g/mol. The maximum Gasteiger partial charge on any atom is 0.410 e.